The Kier molecular flexibility index (Phi) is 5.03. The van der Waals surface area contributed by atoms with E-state index >= 15 is 0 Å². The molecular weight excluding hydrogens is 412 g/mol. The summed E-state index contributed by atoms with van der Waals surface area (Å²) in [5, 5.41) is 0. The van der Waals surface area contributed by atoms with Crippen molar-refractivity contribution in [3.05, 3.63) is 89.1 Å². The van der Waals surface area contributed by atoms with E-state index in [-0.39, 0.29) is 12.0 Å². The van der Waals surface area contributed by atoms with Gasteiger partial charge in [0.2, 0.25) is 5.88 Å². The molecule has 1 N–H and O–H groups in total. The highest BCUT2D eigenvalue weighted by Gasteiger charge is 2.27. The van der Waals surface area contributed by atoms with Crippen molar-refractivity contribution in [3.8, 4) is 17.4 Å². The van der Waals surface area contributed by atoms with E-state index in [1.807, 2.05) is 55.5 Å². The molecule has 0 spiro atoms. The molecule has 2 heterocycles. The summed E-state index contributed by atoms with van der Waals surface area (Å²) >= 11 is 0. The summed E-state index contributed by atoms with van der Waals surface area (Å²) < 4.78 is 26.6. The fourth-order valence-corrected chi connectivity index (χ4v) is 4.74. The number of aryl methyl sites for hydroxylation is 1. The number of amides is 1. The zero-order valence-corrected chi connectivity index (χ0v) is 17.6. The highest BCUT2D eigenvalue weighted by atomic mass is 32.2. The zero-order chi connectivity index (χ0) is 21.4. The van der Waals surface area contributed by atoms with Gasteiger partial charge in [0, 0.05) is 23.9 Å². The second kappa shape index (κ2) is 8.00. The Balaban J connectivity index is 1.33. The van der Waals surface area contributed by atoms with Crippen molar-refractivity contribution < 1.29 is 18.5 Å². The average Bonchev–Trinajstić information content (AvgIpc) is 3.33. The number of ether oxygens (including phenoxy) is 2. The number of rotatable bonds is 5. The second-order valence-corrected chi connectivity index (χ2v) is 8.69. The molecule has 2 aliphatic rings. The molecule has 6 nitrogen and oxygen atoms in total. The van der Waals surface area contributed by atoms with Crippen LogP contribution in [0.15, 0.2) is 66.9 Å². The van der Waals surface area contributed by atoms with Crippen molar-refractivity contribution in [2.24, 2.45) is 0 Å². The van der Waals surface area contributed by atoms with Crippen molar-refractivity contribution in [1.82, 2.24) is 9.71 Å². The van der Waals surface area contributed by atoms with Gasteiger partial charge in [0.1, 0.15) is 17.6 Å². The van der Waals surface area contributed by atoms with Crippen LogP contribution in [0.4, 0.5) is 0 Å². The van der Waals surface area contributed by atoms with Crippen LogP contribution in [0, 0.1) is 6.92 Å². The third-order valence-electron chi connectivity index (χ3n) is 5.34. The molecule has 0 saturated heterocycles. The van der Waals surface area contributed by atoms with Gasteiger partial charge in [-0.1, -0.05) is 30.3 Å². The lowest BCUT2D eigenvalue weighted by Gasteiger charge is -2.16. The maximum Gasteiger partial charge on any atom is 0.257 e. The molecule has 156 valence electrons. The van der Waals surface area contributed by atoms with Crippen molar-refractivity contribution in [2.75, 3.05) is 0 Å². The maximum absolute atomic E-state index is 11.9. The van der Waals surface area contributed by atoms with Crippen LogP contribution >= 0.6 is 0 Å². The maximum atomic E-state index is 11.9. The van der Waals surface area contributed by atoms with E-state index < -0.39 is 11.0 Å². The molecule has 1 aliphatic heterocycles. The van der Waals surface area contributed by atoms with Crippen molar-refractivity contribution in [1.29, 1.82) is 0 Å². The molecule has 31 heavy (non-hydrogen) atoms. The van der Waals surface area contributed by atoms with Gasteiger partial charge in [-0.25, -0.2) is 9.19 Å². The standard InChI is InChI=1S/C24H20N2O4S/c1-15-5-12-24(25-14-15)30-20-4-2-3-18-19(20)10-11-21(18)29-17-8-6-16(7-9-17)22-13-23(27)26-31(22)28/h2-9,12-14,21H,10-11H2,1H3,(H,26,27)/t21-,31?/m1/s1. The number of nitrogens with one attached hydrogen (secondary N) is 1. The highest BCUT2D eigenvalue weighted by molar-refractivity contribution is 7.93. The summed E-state index contributed by atoms with van der Waals surface area (Å²) in [6.07, 6.45) is 4.80. The van der Waals surface area contributed by atoms with E-state index in [4.69, 9.17) is 9.47 Å². The predicted octanol–water partition coefficient (Wildman–Crippen LogP) is 4.38. The van der Waals surface area contributed by atoms with Crippen LogP contribution in [0.25, 0.3) is 4.91 Å². The fraction of sp³-hybridized carbons (Fsp3) is 0.167. The molecule has 1 aromatic heterocycles. The topological polar surface area (TPSA) is 77.5 Å². The molecule has 5 rings (SSSR count). The van der Waals surface area contributed by atoms with Gasteiger partial charge < -0.3 is 9.47 Å². The molecule has 3 aromatic rings. The Morgan fingerprint density at radius 3 is 2.65 bits per heavy atom. The minimum Gasteiger partial charge on any atom is -0.486 e. The number of fused-ring (bicyclic) bond motifs is 1. The van der Waals surface area contributed by atoms with E-state index in [0.717, 1.165) is 46.6 Å². The molecule has 0 radical (unpaired) electrons. The quantitative estimate of drug-likeness (QED) is 0.647. The fourth-order valence-electron chi connectivity index (χ4n) is 3.83. The number of hydrogen-bond acceptors (Lipinski definition) is 5. The number of pyridine rings is 1. The summed E-state index contributed by atoms with van der Waals surface area (Å²) in [7, 11) is -1.50. The molecule has 0 bridgehead atoms. The van der Waals surface area contributed by atoms with Gasteiger partial charge in [-0.2, -0.15) is 0 Å². The monoisotopic (exact) mass is 432 g/mol. The molecule has 1 aliphatic carbocycles. The first-order valence-corrected chi connectivity index (χ1v) is 11.2. The number of hydrogen-bond donors (Lipinski definition) is 1. The van der Waals surface area contributed by atoms with E-state index in [0.29, 0.717) is 10.8 Å². The summed E-state index contributed by atoms with van der Waals surface area (Å²) in [6, 6.07) is 17.2. The van der Waals surface area contributed by atoms with Gasteiger partial charge >= 0.3 is 0 Å². The third-order valence-corrected chi connectivity index (χ3v) is 6.48. The van der Waals surface area contributed by atoms with Crippen LogP contribution in [0.1, 0.15) is 34.8 Å². The van der Waals surface area contributed by atoms with Crippen LogP contribution in [-0.4, -0.2) is 15.1 Å². The van der Waals surface area contributed by atoms with Crippen LogP contribution < -0.4 is 14.2 Å². The summed E-state index contributed by atoms with van der Waals surface area (Å²) in [5.74, 6) is 1.76. The summed E-state index contributed by atoms with van der Waals surface area (Å²) in [4.78, 5) is 16.2. The van der Waals surface area contributed by atoms with Crippen LogP contribution in [0.2, 0.25) is 0 Å². The zero-order valence-electron chi connectivity index (χ0n) is 16.8. The number of benzene rings is 2. The first-order valence-electron chi connectivity index (χ1n) is 10.0. The van der Waals surface area contributed by atoms with Crippen LogP contribution in [0.5, 0.6) is 17.4 Å². The predicted molar refractivity (Wildman–Crippen MR) is 118 cm³/mol. The molecule has 7 heteroatoms. The Labute approximate surface area is 182 Å². The lowest BCUT2D eigenvalue weighted by Crippen LogP contribution is -2.16. The molecule has 1 unspecified atom stereocenters. The molecule has 0 saturated carbocycles. The Morgan fingerprint density at radius 1 is 1.10 bits per heavy atom. The molecule has 2 aromatic carbocycles. The number of carbonyl (C=O) groups excluding carboxylic acids is 1. The Morgan fingerprint density at radius 2 is 1.94 bits per heavy atom. The summed E-state index contributed by atoms with van der Waals surface area (Å²) in [5.41, 5.74) is 4.08. The summed E-state index contributed by atoms with van der Waals surface area (Å²) in [6.45, 7) is 1.99. The molecular formula is C24H20N2O4S. The van der Waals surface area contributed by atoms with Gasteiger partial charge in [-0.15, -0.1) is 0 Å². The molecule has 2 atom stereocenters. The first kappa shape index (κ1) is 19.5. The second-order valence-electron chi connectivity index (χ2n) is 7.51. The third kappa shape index (κ3) is 3.96. The van der Waals surface area contributed by atoms with Gasteiger partial charge in [0.15, 0.2) is 11.0 Å². The first-order chi connectivity index (χ1) is 15.1. The Bertz CT molecular complexity index is 1200. The minimum atomic E-state index is -1.50. The molecule has 0 fully saturated rings. The van der Waals surface area contributed by atoms with Crippen molar-refractivity contribution in [2.45, 2.75) is 25.9 Å². The largest absolute Gasteiger partial charge is 0.486 e. The highest BCUT2D eigenvalue weighted by Crippen LogP contribution is 2.40. The smallest absolute Gasteiger partial charge is 0.257 e. The number of nitrogens with zero attached hydrogens (tertiary/aromatic N) is 1. The van der Waals surface area contributed by atoms with Gasteiger partial charge in [-0.3, -0.25) is 9.52 Å². The lowest BCUT2D eigenvalue weighted by atomic mass is 10.1. The minimum absolute atomic E-state index is 0.0709. The van der Waals surface area contributed by atoms with Gasteiger partial charge in [0.25, 0.3) is 5.91 Å². The van der Waals surface area contributed by atoms with E-state index in [2.05, 4.69) is 15.8 Å². The van der Waals surface area contributed by atoms with Crippen molar-refractivity contribution in [3.63, 3.8) is 0 Å². The molecule has 1 amide bonds. The van der Waals surface area contributed by atoms with E-state index in [9.17, 15) is 9.00 Å². The number of carbonyl (C=O) groups is 1. The van der Waals surface area contributed by atoms with E-state index in [1.54, 1.807) is 6.20 Å². The van der Waals surface area contributed by atoms with Crippen LogP contribution in [-0.2, 0) is 22.2 Å². The SMILES string of the molecule is Cc1ccc(Oc2cccc3c2CC[C@H]3Oc2ccc(C3=CC(=O)NS3=O)cc2)nc1. The lowest BCUT2D eigenvalue weighted by molar-refractivity contribution is -0.114. The van der Waals surface area contributed by atoms with Gasteiger partial charge in [-0.05, 0) is 54.7 Å². The van der Waals surface area contributed by atoms with Gasteiger partial charge in [0.05, 0.1) is 4.91 Å². The van der Waals surface area contributed by atoms with Crippen LogP contribution in [0.3, 0.4) is 0 Å². The average molecular weight is 433 g/mol. The normalized spacial score (nSPS) is 19.5. The van der Waals surface area contributed by atoms with Crippen molar-refractivity contribution >= 4 is 21.8 Å². The number of aromatic nitrogens is 1. The Hall–Kier alpha value is -3.45. The van der Waals surface area contributed by atoms with E-state index in [1.165, 1.54) is 6.08 Å².